The fraction of sp³-hybridized carbons (Fsp3) is 0. The van der Waals surface area contributed by atoms with E-state index < -0.39 is 0 Å². The molecule has 0 atom stereocenters. The van der Waals surface area contributed by atoms with Crippen LogP contribution in [-0.4, -0.2) is 42.4 Å². The second-order valence-corrected chi connectivity index (χ2v) is 0. The predicted molar refractivity (Wildman–Crippen MR) is 22.6 cm³/mol. The van der Waals surface area contributed by atoms with Crippen LogP contribution >= 0.6 is 0 Å². The molecule has 0 bridgehead atoms. The van der Waals surface area contributed by atoms with Gasteiger partial charge < -0.3 is 20.8 Å². The Morgan fingerprint density at radius 1 is 1.25 bits per heavy atom. The molecule has 0 aromatic heterocycles. The van der Waals surface area contributed by atoms with E-state index in [1.807, 2.05) is 0 Å². The third kappa shape index (κ3) is 8.82. The van der Waals surface area contributed by atoms with Crippen LogP contribution in [0.5, 0.6) is 0 Å². The zero-order valence-corrected chi connectivity index (χ0v) is 9.82. The largest absolute Gasteiger partial charge is 2.00 e. The van der Waals surface area contributed by atoms with Crippen molar-refractivity contribution in [3.63, 3.8) is 0 Å². The Morgan fingerprint density at radius 3 is 1.25 bits per heavy atom. The van der Waals surface area contributed by atoms with Crippen LogP contribution in [0.25, 0.3) is 0 Å². The van der Waals surface area contributed by atoms with Crippen LogP contribution in [-0.2, 0) is 0 Å². The molecule has 0 aliphatic rings. The smallest absolute Gasteiger partial charge is 1.00 e. The van der Waals surface area contributed by atoms with Crippen LogP contribution in [0, 0.1) is 0 Å². The molecule has 0 saturated carbocycles. The molecule has 0 heterocycles. The molecule has 0 spiro atoms. The zero-order chi connectivity index (χ0) is 0. The molecule has 0 N–H and O–H groups in total. The first kappa shape index (κ1) is 30.0. The summed E-state index contributed by atoms with van der Waals surface area (Å²) in [5, 5.41) is 0. The van der Waals surface area contributed by atoms with Gasteiger partial charge in [0.15, 0.2) is 0 Å². The molecule has 0 unspecified atom stereocenters. The van der Waals surface area contributed by atoms with Crippen molar-refractivity contribution in [1.29, 1.82) is 0 Å². The van der Waals surface area contributed by atoms with Gasteiger partial charge in [-0.25, -0.2) is 0 Å². The molecule has 0 rings (SSSR count). The summed E-state index contributed by atoms with van der Waals surface area (Å²) in [6.07, 6.45) is 0. The average Bonchev–Trinajstić information content (AvgIpc) is 0. The van der Waals surface area contributed by atoms with Crippen molar-refractivity contribution < 1.29 is 52.8 Å². The van der Waals surface area contributed by atoms with Crippen molar-refractivity contribution in [3.8, 4) is 0 Å². The van der Waals surface area contributed by atoms with Gasteiger partial charge in [0.2, 0.25) is 0 Å². The SMILES string of the molecule is [B-].[H-].[K+].[Mg+2].[SiH3-]. The fourth-order valence-corrected chi connectivity index (χ4v) is 0. The molecule has 0 aliphatic carbocycles. The van der Waals surface area contributed by atoms with E-state index in [0.717, 1.165) is 0 Å². The minimum atomic E-state index is 0. The minimum Gasteiger partial charge on any atom is -1.00 e. The normalized spacial score (nSPS) is 0. The summed E-state index contributed by atoms with van der Waals surface area (Å²) in [5.74, 6) is 0. The van der Waals surface area contributed by atoms with Gasteiger partial charge in [-0.15, -0.1) is 0 Å². The Bertz CT molecular complexity index is 11.6. The first-order chi connectivity index (χ1) is 0. The van der Waals surface area contributed by atoms with Crippen LogP contribution in [0.4, 0.5) is 0 Å². The molecular formula is H4BKMgSi. The summed E-state index contributed by atoms with van der Waals surface area (Å²) in [4.78, 5) is 0. The molecule has 4 heavy (non-hydrogen) atoms. The van der Waals surface area contributed by atoms with Crippen molar-refractivity contribution in [1.82, 2.24) is 0 Å². The molecule has 0 aromatic rings. The molecule has 4 heteroatoms. The predicted octanol–water partition coefficient (Wildman–Crippen LogP) is -4.83. The molecule has 0 nitrogen and oxygen atoms in total. The van der Waals surface area contributed by atoms with E-state index in [0.29, 0.717) is 0 Å². The quantitative estimate of drug-likeness (QED) is 0.272. The third-order valence-electron chi connectivity index (χ3n) is 0. The standard InChI is InChI=1S/B.K.Mg.H3Si.H/h;;;1H3;/q-1;+1;+2;2*-1. The van der Waals surface area contributed by atoms with Crippen LogP contribution in [0.2, 0.25) is 0 Å². The molecule has 0 aromatic carbocycles. The number of hydrogen-bond donors (Lipinski definition) is 0. The number of rotatable bonds is 0. The van der Waals surface area contributed by atoms with Crippen molar-refractivity contribution >= 4 is 42.4 Å². The van der Waals surface area contributed by atoms with E-state index in [2.05, 4.69) is 0 Å². The monoisotopic (exact) mass is 106 g/mol. The molecule has 0 aliphatic heterocycles. The molecule has 4 radical (unpaired) electrons. The van der Waals surface area contributed by atoms with E-state index in [4.69, 9.17) is 0 Å². The van der Waals surface area contributed by atoms with Crippen LogP contribution in [0.3, 0.4) is 0 Å². The van der Waals surface area contributed by atoms with Gasteiger partial charge in [0, 0.05) is 0 Å². The van der Waals surface area contributed by atoms with Gasteiger partial charge in [-0.1, -0.05) is 0 Å². The van der Waals surface area contributed by atoms with E-state index in [1.54, 1.807) is 0 Å². The molecule has 0 amide bonds. The molecular weight excluding hydrogens is 102 g/mol. The van der Waals surface area contributed by atoms with E-state index in [-0.39, 0.29) is 95.2 Å². The van der Waals surface area contributed by atoms with Crippen molar-refractivity contribution in [2.45, 2.75) is 0 Å². The van der Waals surface area contributed by atoms with Gasteiger partial charge in [-0.05, 0) is 0 Å². The summed E-state index contributed by atoms with van der Waals surface area (Å²) < 4.78 is 0. The van der Waals surface area contributed by atoms with Gasteiger partial charge in [0.25, 0.3) is 0 Å². The second-order valence-electron chi connectivity index (χ2n) is 0. The Kier molecular flexibility index (Phi) is 130. The van der Waals surface area contributed by atoms with Crippen LogP contribution < -0.4 is 51.4 Å². The van der Waals surface area contributed by atoms with Gasteiger partial charge in [0.05, 0.1) is 0 Å². The Labute approximate surface area is 93.1 Å². The van der Waals surface area contributed by atoms with Crippen molar-refractivity contribution in [2.75, 3.05) is 0 Å². The molecule has 0 saturated heterocycles. The van der Waals surface area contributed by atoms with Crippen molar-refractivity contribution in [2.24, 2.45) is 0 Å². The van der Waals surface area contributed by atoms with E-state index >= 15 is 0 Å². The summed E-state index contributed by atoms with van der Waals surface area (Å²) in [5.41, 5.74) is 0. The number of hydrogen-bond acceptors (Lipinski definition) is 0. The topological polar surface area (TPSA) is 0 Å². The second kappa shape index (κ2) is 17.3. The Morgan fingerprint density at radius 2 is 1.25 bits per heavy atom. The van der Waals surface area contributed by atoms with Crippen LogP contribution in [0.15, 0.2) is 0 Å². The maximum Gasteiger partial charge on any atom is 2.00 e. The maximum absolute atomic E-state index is 0. The molecule has 0 fully saturated rings. The zero-order valence-electron chi connectivity index (χ0n) is 4.28. The Hall–Kier alpha value is 2.68. The maximum atomic E-state index is 0. The summed E-state index contributed by atoms with van der Waals surface area (Å²) >= 11 is 0. The van der Waals surface area contributed by atoms with Gasteiger partial charge in [-0.3, -0.25) is 0 Å². The van der Waals surface area contributed by atoms with Gasteiger partial charge in [-0.2, -0.15) is 0 Å². The van der Waals surface area contributed by atoms with Gasteiger partial charge >= 0.3 is 74.4 Å². The first-order valence-electron chi connectivity index (χ1n) is 0. The van der Waals surface area contributed by atoms with Crippen molar-refractivity contribution in [3.05, 3.63) is 0 Å². The van der Waals surface area contributed by atoms with Crippen LogP contribution in [0.1, 0.15) is 1.43 Å². The van der Waals surface area contributed by atoms with Gasteiger partial charge in [0.1, 0.15) is 0 Å². The fourth-order valence-electron chi connectivity index (χ4n) is 0. The average molecular weight is 106 g/mol. The molecule has 14 valence electrons. The first-order valence-corrected chi connectivity index (χ1v) is 0. The summed E-state index contributed by atoms with van der Waals surface area (Å²) in [6, 6.07) is 0. The van der Waals surface area contributed by atoms with E-state index in [9.17, 15) is 0 Å². The summed E-state index contributed by atoms with van der Waals surface area (Å²) in [6.45, 7) is 0. The van der Waals surface area contributed by atoms with E-state index in [1.165, 1.54) is 0 Å². The summed E-state index contributed by atoms with van der Waals surface area (Å²) in [7, 11) is 0. The minimum absolute atomic E-state index is 0. The third-order valence-corrected chi connectivity index (χ3v) is 0. The Balaban J connectivity index is 0.